The van der Waals surface area contributed by atoms with Crippen LogP contribution in [0.2, 0.25) is 0 Å². The lowest BCUT2D eigenvalue weighted by atomic mass is 9.92. The lowest BCUT2D eigenvalue weighted by Crippen LogP contribution is -2.03. The zero-order chi connectivity index (χ0) is 10.9. The van der Waals surface area contributed by atoms with E-state index in [1.165, 1.54) is 5.56 Å². The summed E-state index contributed by atoms with van der Waals surface area (Å²) in [6.45, 7) is 10.1. The van der Waals surface area contributed by atoms with Crippen molar-refractivity contribution in [3.05, 3.63) is 33.6 Å². The third kappa shape index (κ3) is 1.68. The van der Waals surface area contributed by atoms with Crippen LogP contribution in [0.1, 0.15) is 41.2 Å². The fraction of sp³-hybridized carbons (Fsp3) is 0.538. The van der Waals surface area contributed by atoms with Gasteiger partial charge in [-0.15, -0.1) is 0 Å². The van der Waals surface area contributed by atoms with Crippen LogP contribution in [0.3, 0.4) is 0 Å². The van der Waals surface area contributed by atoms with Crippen LogP contribution in [0.5, 0.6) is 0 Å². The van der Waals surface area contributed by atoms with Gasteiger partial charge in [0.25, 0.3) is 0 Å². The van der Waals surface area contributed by atoms with Gasteiger partial charge in [0.15, 0.2) is 0 Å². The van der Waals surface area contributed by atoms with Crippen molar-refractivity contribution in [3.63, 3.8) is 0 Å². The van der Waals surface area contributed by atoms with Gasteiger partial charge in [-0.2, -0.15) is 0 Å². The molecule has 0 aromatic heterocycles. The SMILES string of the molecule is CCCc1c(C)c(C)c(C)c(C)c1F. The maximum Gasteiger partial charge on any atom is 0.129 e. The molecule has 78 valence electrons. The number of hydrogen-bond donors (Lipinski definition) is 0. The predicted molar refractivity (Wildman–Crippen MR) is 59.3 cm³/mol. The summed E-state index contributed by atoms with van der Waals surface area (Å²) < 4.78 is 13.9. The molecule has 14 heavy (non-hydrogen) atoms. The highest BCUT2D eigenvalue weighted by molar-refractivity contribution is 5.44. The molecule has 0 aliphatic carbocycles. The molecule has 0 saturated carbocycles. The predicted octanol–water partition coefficient (Wildman–Crippen LogP) is 4.01. The Morgan fingerprint density at radius 1 is 0.857 bits per heavy atom. The van der Waals surface area contributed by atoms with Crippen molar-refractivity contribution in [2.24, 2.45) is 0 Å². The number of hydrogen-bond acceptors (Lipinski definition) is 0. The van der Waals surface area contributed by atoms with E-state index >= 15 is 0 Å². The van der Waals surface area contributed by atoms with Crippen molar-refractivity contribution in [1.82, 2.24) is 0 Å². The van der Waals surface area contributed by atoms with Gasteiger partial charge < -0.3 is 0 Å². The van der Waals surface area contributed by atoms with E-state index in [0.717, 1.165) is 35.1 Å². The summed E-state index contributed by atoms with van der Waals surface area (Å²) >= 11 is 0. The minimum Gasteiger partial charge on any atom is -0.206 e. The minimum absolute atomic E-state index is 0.00690. The first-order chi connectivity index (χ1) is 6.50. The average molecular weight is 194 g/mol. The molecule has 0 saturated heterocycles. The fourth-order valence-corrected chi connectivity index (χ4v) is 1.89. The quantitative estimate of drug-likeness (QED) is 0.667. The van der Waals surface area contributed by atoms with Crippen LogP contribution in [0.15, 0.2) is 0 Å². The Kier molecular flexibility index (Phi) is 3.30. The second-order valence-electron chi connectivity index (χ2n) is 4.04. The molecule has 0 radical (unpaired) electrons. The van der Waals surface area contributed by atoms with Crippen LogP contribution in [-0.4, -0.2) is 0 Å². The van der Waals surface area contributed by atoms with Crippen LogP contribution in [-0.2, 0) is 6.42 Å². The van der Waals surface area contributed by atoms with Crippen LogP contribution >= 0.6 is 0 Å². The molecule has 0 bridgehead atoms. The summed E-state index contributed by atoms with van der Waals surface area (Å²) in [5.41, 5.74) is 5.20. The zero-order valence-electron chi connectivity index (χ0n) is 9.79. The Bertz CT molecular complexity index is 322. The van der Waals surface area contributed by atoms with Gasteiger partial charge in [-0.25, -0.2) is 4.39 Å². The molecule has 0 unspecified atom stereocenters. The molecule has 0 aliphatic heterocycles. The van der Waals surface area contributed by atoms with E-state index in [1.54, 1.807) is 0 Å². The lowest BCUT2D eigenvalue weighted by molar-refractivity contribution is 0.593. The largest absolute Gasteiger partial charge is 0.206 e. The highest BCUT2D eigenvalue weighted by Crippen LogP contribution is 2.26. The molecule has 0 spiro atoms. The second kappa shape index (κ2) is 4.12. The molecule has 1 rings (SSSR count). The van der Waals surface area contributed by atoms with Crippen LogP contribution in [0.4, 0.5) is 4.39 Å². The van der Waals surface area contributed by atoms with E-state index < -0.39 is 0 Å². The highest BCUT2D eigenvalue weighted by atomic mass is 19.1. The van der Waals surface area contributed by atoms with E-state index in [2.05, 4.69) is 13.8 Å². The molecule has 0 fully saturated rings. The summed E-state index contributed by atoms with van der Waals surface area (Å²) in [6, 6.07) is 0. The third-order valence-electron chi connectivity index (χ3n) is 3.23. The molecule has 0 heterocycles. The summed E-state index contributed by atoms with van der Waals surface area (Å²) in [6.07, 6.45) is 1.85. The van der Waals surface area contributed by atoms with Gasteiger partial charge in [-0.3, -0.25) is 0 Å². The standard InChI is InChI=1S/C13H19F/c1-6-7-12-10(4)8(2)9(3)11(5)13(12)14/h6-7H2,1-5H3. The molecular formula is C13H19F. The van der Waals surface area contributed by atoms with Gasteiger partial charge in [0.1, 0.15) is 5.82 Å². The summed E-state index contributed by atoms with van der Waals surface area (Å²) in [5.74, 6) is 0.00690. The normalized spacial score (nSPS) is 10.7. The maximum atomic E-state index is 13.9. The van der Waals surface area contributed by atoms with E-state index in [0.29, 0.717) is 0 Å². The van der Waals surface area contributed by atoms with E-state index in [9.17, 15) is 4.39 Å². The summed E-state index contributed by atoms with van der Waals surface area (Å²) in [5, 5.41) is 0. The average Bonchev–Trinajstić information content (AvgIpc) is 2.19. The van der Waals surface area contributed by atoms with Crippen molar-refractivity contribution < 1.29 is 4.39 Å². The van der Waals surface area contributed by atoms with Crippen LogP contribution < -0.4 is 0 Å². The molecular weight excluding hydrogens is 175 g/mol. The molecule has 0 nitrogen and oxygen atoms in total. The molecule has 0 N–H and O–H groups in total. The number of benzene rings is 1. The molecule has 0 amide bonds. The first-order valence-corrected chi connectivity index (χ1v) is 5.25. The Hall–Kier alpha value is -0.850. The topological polar surface area (TPSA) is 0 Å². The first kappa shape index (κ1) is 11.2. The van der Waals surface area contributed by atoms with E-state index in [1.807, 2.05) is 20.8 Å². The monoisotopic (exact) mass is 194 g/mol. The van der Waals surface area contributed by atoms with Crippen LogP contribution in [0, 0.1) is 33.5 Å². The Morgan fingerprint density at radius 2 is 1.36 bits per heavy atom. The van der Waals surface area contributed by atoms with Crippen LogP contribution in [0.25, 0.3) is 0 Å². The molecule has 1 aromatic rings. The number of halogens is 1. The van der Waals surface area contributed by atoms with Crippen molar-refractivity contribution in [2.45, 2.75) is 47.5 Å². The van der Waals surface area contributed by atoms with Crippen molar-refractivity contribution in [2.75, 3.05) is 0 Å². The molecule has 1 aromatic carbocycles. The van der Waals surface area contributed by atoms with Crippen molar-refractivity contribution in [3.8, 4) is 0 Å². The van der Waals surface area contributed by atoms with Gasteiger partial charge in [-0.1, -0.05) is 13.3 Å². The van der Waals surface area contributed by atoms with Crippen molar-refractivity contribution >= 4 is 0 Å². The smallest absolute Gasteiger partial charge is 0.129 e. The van der Waals surface area contributed by atoms with E-state index in [4.69, 9.17) is 0 Å². The summed E-state index contributed by atoms with van der Waals surface area (Å²) in [4.78, 5) is 0. The third-order valence-corrected chi connectivity index (χ3v) is 3.23. The van der Waals surface area contributed by atoms with Gasteiger partial charge in [0.2, 0.25) is 0 Å². The number of rotatable bonds is 2. The molecule has 1 heteroatoms. The highest BCUT2D eigenvalue weighted by Gasteiger charge is 2.13. The fourth-order valence-electron chi connectivity index (χ4n) is 1.89. The van der Waals surface area contributed by atoms with E-state index in [-0.39, 0.29) is 5.82 Å². The minimum atomic E-state index is 0.00690. The Labute approximate surface area is 86.2 Å². The first-order valence-electron chi connectivity index (χ1n) is 5.25. The van der Waals surface area contributed by atoms with Gasteiger partial charge in [0, 0.05) is 0 Å². The second-order valence-corrected chi connectivity index (χ2v) is 4.04. The lowest BCUT2D eigenvalue weighted by Gasteiger charge is -2.15. The maximum absolute atomic E-state index is 13.9. The van der Waals surface area contributed by atoms with Gasteiger partial charge >= 0.3 is 0 Å². The Balaban J connectivity index is 3.43. The Morgan fingerprint density at radius 3 is 1.86 bits per heavy atom. The summed E-state index contributed by atoms with van der Waals surface area (Å²) in [7, 11) is 0. The molecule has 0 atom stereocenters. The van der Waals surface area contributed by atoms with Gasteiger partial charge in [-0.05, 0) is 61.9 Å². The zero-order valence-corrected chi connectivity index (χ0v) is 9.79. The van der Waals surface area contributed by atoms with Crippen molar-refractivity contribution in [1.29, 1.82) is 0 Å². The molecule has 0 aliphatic rings. The van der Waals surface area contributed by atoms with Gasteiger partial charge in [0.05, 0.1) is 0 Å².